The van der Waals surface area contributed by atoms with Gasteiger partial charge in [-0.3, -0.25) is 4.79 Å². The second-order valence-corrected chi connectivity index (χ2v) is 3.72. The minimum atomic E-state index is -4.77. The molecule has 8 heteroatoms. The molecular formula is C11H9F3N2O3. The first-order chi connectivity index (χ1) is 8.86. The number of carbonyl (C=O) groups is 1. The highest BCUT2D eigenvalue weighted by atomic mass is 19.4. The lowest BCUT2D eigenvalue weighted by Crippen LogP contribution is -2.32. The van der Waals surface area contributed by atoms with Gasteiger partial charge in [0.2, 0.25) is 5.84 Å². The third-order valence-corrected chi connectivity index (χ3v) is 2.56. The van der Waals surface area contributed by atoms with Gasteiger partial charge in [0.25, 0.3) is 5.91 Å². The third-order valence-electron chi connectivity index (χ3n) is 2.56. The van der Waals surface area contributed by atoms with E-state index in [0.717, 1.165) is 0 Å². The van der Waals surface area contributed by atoms with Gasteiger partial charge < -0.3 is 9.47 Å². The van der Waals surface area contributed by atoms with Gasteiger partial charge in [0.05, 0.1) is 18.4 Å². The van der Waals surface area contributed by atoms with E-state index in [1.807, 2.05) is 0 Å². The van der Waals surface area contributed by atoms with Crippen LogP contribution in [0.25, 0.3) is 0 Å². The summed E-state index contributed by atoms with van der Waals surface area (Å²) >= 11 is 0. The van der Waals surface area contributed by atoms with Crippen molar-refractivity contribution in [3.8, 4) is 0 Å². The van der Waals surface area contributed by atoms with Crippen molar-refractivity contribution < 1.29 is 27.4 Å². The lowest BCUT2D eigenvalue weighted by atomic mass is 9.98. The Hall–Kier alpha value is -1.96. The van der Waals surface area contributed by atoms with Gasteiger partial charge in [0.15, 0.2) is 0 Å². The van der Waals surface area contributed by atoms with Crippen molar-refractivity contribution in [3.05, 3.63) is 23.5 Å². The second kappa shape index (κ2) is 4.61. The molecule has 1 aliphatic carbocycles. The second-order valence-electron chi connectivity index (χ2n) is 3.72. The molecule has 0 N–H and O–H groups in total. The molecule has 0 aromatic carbocycles. The van der Waals surface area contributed by atoms with E-state index in [4.69, 9.17) is 9.47 Å². The van der Waals surface area contributed by atoms with Gasteiger partial charge in [-0.05, 0) is 6.08 Å². The molecule has 1 heterocycles. The number of methoxy groups -OCH3 is 2. The summed E-state index contributed by atoms with van der Waals surface area (Å²) in [7, 11) is 2.73. The van der Waals surface area contributed by atoms with Crippen LogP contribution >= 0.6 is 0 Å². The zero-order valence-corrected chi connectivity index (χ0v) is 9.99. The van der Waals surface area contributed by atoms with Crippen molar-refractivity contribution in [1.82, 2.24) is 0 Å². The van der Waals surface area contributed by atoms with E-state index in [0.29, 0.717) is 0 Å². The van der Waals surface area contributed by atoms with Crippen LogP contribution in [0.3, 0.4) is 0 Å². The topological polar surface area (TPSA) is 60.2 Å². The maximum Gasteiger partial charge on any atom is 0.451 e. The molecule has 0 fully saturated rings. The fraction of sp³-hybridized carbons (Fsp3) is 0.364. The number of aliphatic imine (C=N–C) groups is 2. The number of halogens is 3. The summed E-state index contributed by atoms with van der Waals surface area (Å²) in [4.78, 5) is 17.8. The van der Waals surface area contributed by atoms with Crippen LogP contribution in [-0.2, 0) is 14.3 Å². The predicted molar refractivity (Wildman–Crippen MR) is 59.9 cm³/mol. The number of carbonyl (C=O) groups excluding carboxylic acids is 1. The van der Waals surface area contributed by atoms with Crippen LogP contribution in [0.15, 0.2) is 33.5 Å². The molecule has 0 spiro atoms. The van der Waals surface area contributed by atoms with Gasteiger partial charge >= 0.3 is 6.18 Å². The van der Waals surface area contributed by atoms with Gasteiger partial charge in [0.1, 0.15) is 11.9 Å². The molecule has 0 bridgehead atoms. The Labute approximate surface area is 106 Å². The van der Waals surface area contributed by atoms with E-state index in [-0.39, 0.29) is 17.0 Å². The van der Waals surface area contributed by atoms with E-state index in [2.05, 4.69) is 9.98 Å². The first-order valence-electron chi connectivity index (χ1n) is 5.16. The first kappa shape index (κ1) is 13.5. The van der Waals surface area contributed by atoms with Crippen LogP contribution in [0.2, 0.25) is 0 Å². The van der Waals surface area contributed by atoms with Crippen molar-refractivity contribution in [2.24, 2.45) is 9.98 Å². The molecule has 1 atom stereocenters. The van der Waals surface area contributed by atoms with Crippen molar-refractivity contribution in [1.29, 1.82) is 0 Å². The molecule has 19 heavy (non-hydrogen) atoms. The van der Waals surface area contributed by atoms with Gasteiger partial charge in [-0.2, -0.15) is 18.2 Å². The summed E-state index contributed by atoms with van der Waals surface area (Å²) in [5.41, 5.74) is -0.155. The average molecular weight is 274 g/mol. The fourth-order valence-electron chi connectivity index (χ4n) is 1.67. The number of amides is 1. The maximum atomic E-state index is 12.5. The number of hydrogen-bond acceptors (Lipinski definition) is 4. The normalized spacial score (nSPS) is 23.0. The number of alkyl halides is 3. The summed E-state index contributed by atoms with van der Waals surface area (Å²) in [5, 5.41) is 0. The molecule has 1 aliphatic heterocycles. The van der Waals surface area contributed by atoms with Crippen molar-refractivity contribution in [2.75, 3.05) is 14.2 Å². The van der Waals surface area contributed by atoms with Crippen molar-refractivity contribution in [2.45, 2.75) is 12.3 Å². The number of ether oxygens (including phenoxy) is 2. The van der Waals surface area contributed by atoms with E-state index in [9.17, 15) is 18.0 Å². The zero-order chi connectivity index (χ0) is 14.2. The number of fused-ring (bicyclic) bond motifs is 1. The molecule has 0 aromatic heterocycles. The Morgan fingerprint density at radius 2 is 1.95 bits per heavy atom. The Balaban J connectivity index is 2.47. The van der Waals surface area contributed by atoms with Gasteiger partial charge in [-0.15, -0.1) is 0 Å². The minimum Gasteiger partial charge on any atom is -0.498 e. The smallest absolute Gasteiger partial charge is 0.451 e. The number of nitrogens with zero attached hydrogens (tertiary/aromatic N) is 2. The SMILES string of the molecule is COC1=CC2=NC(C(F)(F)F)=NC(=O)C2=CC1OC. The zero-order valence-electron chi connectivity index (χ0n) is 9.99. The highest BCUT2D eigenvalue weighted by molar-refractivity contribution is 6.33. The molecule has 0 saturated heterocycles. The number of amidine groups is 1. The van der Waals surface area contributed by atoms with Crippen LogP contribution in [0.4, 0.5) is 13.2 Å². The highest BCUT2D eigenvalue weighted by Crippen LogP contribution is 2.27. The van der Waals surface area contributed by atoms with Crippen molar-refractivity contribution in [3.63, 3.8) is 0 Å². The maximum absolute atomic E-state index is 12.5. The molecule has 1 unspecified atom stereocenters. The van der Waals surface area contributed by atoms with E-state index in [1.165, 1.54) is 26.4 Å². The lowest BCUT2D eigenvalue weighted by Gasteiger charge is -2.22. The molecular weight excluding hydrogens is 265 g/mol. The Morgan fingerprint density at radius 3 is 2.47 bits per heavy atom. The van der Waals surface area contributed by atoms with E-state index < -0.39 is 24.0 Å². The summed E-state index contributed by atoms with van der Waals surface area (Å²) in [6.07, 6.45) is -2.85. The lowest BCUT2D eigenvalue weighted by molar-refractivity contribution is -0.114. The molecule has 0 aromatic rings. The van der Waals surface area contributed by atoms with Crippen LogP contribution in [0, 0.1) is 0 Å². The molecule has 5 nitrogen and oxygen atoms in total. The monoisotopic (exact) mass is 274 g/mol. The largest absolute Gasteiger partial charge is 0.498 e. The minimum absolute atomic E-state index is 0.0272. The Bertz CT molecular complexity index is 544. The van der Waals surface area contributed by atoms with Crippen LogP contribution < -0.4 is 0 Å². The molecule has 102 valence electrons. The van der Waals surface area contributed by atoms with Crippen LogP contribution in [-0.4, -0.2) is 44.0 Å². The summed E-state index contributed by atoms with van der Waals surface area (Å²) in [6, 6.07) is 0. The molecule has 0 radical (unpaired) electrons. The van der Waals surface area contributed by atoms with Gasteiger partial charge in [-0.25, -0.2) is 4.99 Å². The molecule has 1 amide bonds. The number of allylic oxidation sites excluding steroid dienone is 1. The third kappa shape index (κ3) is 2.43. The van der Waals surface area contributed by atoms with E-state index in [1.54, 1.807) is 0 Å². The average Bonchev–Trinajstić information content (AvgIpc) is 2.36. The Morgan fingerprint density at radius 1 is 1.26 bits per heavy atom. The molecule has 0 saturated carbocycles. The molecule has 2 rings (SSSR count). The number of hydrogen-bond donors (Lipinski definition) is 0. The quantitative estimate of drug-likeness (QED) is 0.765. The standard InChI is InChI=1S/C11H9F3N2O3/c1-18-7-3-5-6(4-8(7)19-2)15-10(11(12,13)14)16-9(5)17/h3-4,7H,1-2H3. The summed E-state index contributed by atoms with van der Waals surface area (Å²) in [5.74, 6) is -2.20. The van der Waals surface area contributed by atoms with Crippen LogP contribution in [0.5, 0.6) is 0 Å². The van der Waals surface area contributed by atoms with Crippen molar-refractivity contribution >= 4 is 17.5 Å². The van der Waals surface area contributed by atoms with E-state index >= 15 is 0 Å². The van der Waals surface area contributed by atoms with Crippen LogP contribution in [0.1, 0.15) is 0 Å². The van der Waals surface area contributed by atoms with Gasteiger partial charge in [-0.1, -0.05) is 0 Å². The predicted octanol–water partition coefficient (Wildman–Crippen LogP) is 1.41. The summed E-state index contributed by atoms with van der Waals surface area (Å²) < 4.78 is 47.5. The summed E-state index contributed by atoms with van der Waals surface area (Å²) in [6.45, 7) is 0. The number of rotatable bonds is 2. The Kier molecular flexibility index (Phi) is 3.27. The fourth-order valence-corrected chi connectivity index (χ4v) is 1.67. The first-order valence-corrected chi connectivity index (χ1v) is 5.16. The highest BCUT2D eigenvalue weighted by Gasteiger charge is 2.40. The molecule has 2 aliphatic rings. The van der Waals surface area contributed by atoms with Gasteiger partial charge in [0, 0.05) is 13.2 Å².